The zero-order valence-electron chi connectivity index (χ0n) is 18.3. The Balaban J connectivity index is 1.53. The highest BCUT2D eigenvalue weighted by Gasteiger charge is 2.30. The van der Waals surface area contributed by atoms with E-state index in [0.29, 0.717) is 24.7 Å². The summed E-state index contributed by atoms with van der Waals surface area (Å²) in [5.74, 6) is -3.94. The summed E-state index contributed by atoms with van der Waals surface area (Å²) in [6, 6.07) is 5.35. The van der Waals surface area contributed by atoms with E-state index >= 15 is 0 Å². The smallest absolute Gasteiger partial charge is 0.257 e. The van der Waals surface area contributed by atoms with Gasteiger partial charge in [0.1, 0.15) is 5.82 Å². The van der Waals surface area contributed by atoms with E-state index in [0.717, 1.165) is 31.5 Å². The summed E-state index contributed by atoms with van der Waals surface area (Å²) in [6.45, 7) is 2.66. The van der Waals surface area contributed by atoms with Crippen LogP contribution in [0.1, 0.15) is 60.9 Å². The van der Waals surface area contributed by atoms with Crippen molar-refractivity contribution in [2.75, 3.05) is 19.6 Å². The SMILES string of the molecule is O=C(c1cc(F)c(F)cc1F)N(Cc1cccnc1)CC1CCCN(C2CCCCC2)C1. The van der Waals surface area contributed by atoms with Crippen LogP contribution in [-0.4, -0.2) is 46.4 Å². The molecule has 1 aromatic carbocycles. The molecule has 1 saturated carbocycles. The van der Waals surface area contributed by atoms with Gasteiger partial charge in [0, 0.05) is 44.1 Å². The molecule has 4 nitrogen and oxygen atoms in total. The number of nitrogens with zero attached hydrogens (tertiary/aromatic N) is 3. The molecule has 0 spiro atoms. The van der Waals surface area contributed by atoms with Crippen LogP contribution in [0, 0.1) is 23.4 Å². The lowest BCUT2D eigenvalue weighted by Crippen LogP contribution is -2.47. The minimum atomic E-state index is -1.30. The first-order chi connectivity index (χ1) is 15.5. The Morgan fingerprint density at radius 1 is 1.03 bits per heavy atom. The number of hydrogen-bond acceptors (Lipinski definition) is 3. The Morgan fingerprint density at radius 2 is 1.81 bits per heavy atom. The highest BCUT2D eigenvalue weighted by molar-refractivity contribution is 5.94. The molecule has 1 unspecified atom stereocenters. The molecular weight excluding hydrogens is 415 g/mol. The number of aromatic nitrogens is 1. The molecule has 0 radical (unpaired) electrons. The van der Waals surface area contributed by atoms with Crippen molar-refractivity contribution in [3.05, 3.63) is 65.2 Å². The molecule has 1 aliphatic heterocycles. The summed E-state index contributed by atoms with van der Waals surface area (Å²) in [5, 5.41) is 0. The number of carbonyl (C=O) groups excluding carboxylic acids is 1. The van der Waals surface area contributed by atoms with Crippen LogP contribution in [0.15, 0.2) is 36.7 Å². The minimum absolute atomic E-state index is 0.241. The molecule has 7 heteroatoms. The molecule has 0 N–H and O–H groups in total. The number of amides is 1. The van der Waals surface area contributed by atoms with E-state index < -0.39 is 28.9 Å². The molecule has 1 atom stereocenters. The molecule has 1 aromatic heterocycles. The maximum Gasteiger partial charge on any atom is 0.257 e. The maximum atomic E-state index is 14.4. The molecule has 0 bridgehead atoms. The van der Waals surface area contributed by atoms with Crippen molar-refractivity contribution >= 4 is 5.91 Å². The Labute approximate surface area is 187 Å². The number of carbonyl (C=O) groups is 1. The number of benzene rings is 1. The van der Waals surface area contributed by atoms with Crippen LogP contribution in [0.2, 0.25) is 0 Å². The normalized spacial score (nSPS) is 20.3. The molecule has 2 aliphatic rings. The van der Waals surface area contributed by atoms with E-state index in [-0.39, 0.29) is 12.5 Å². The van der Waals surface area contributed by atoms with Gasteiger partial charge in [0.2, 0.25) is 0 Å². The van der Waals surface area contributed by atoms with Crippen LogP contribution in [0.5, 0.6) is 0 Å². The quantitative estimate of drug-likeness (QED) is 0.575. The van der Waals surface area contributed by atoms with Gasteiger partial charge in [0.05, 0.1) is 5.56 Å². The van der Waals surface area contributed by atoms with Gasteiger partial charge >= 0.3 is 0 Å². The second kappa shape index (κ2) is 10.5. The van der Waals surface area contributed by atoms with E-state index in [1.165, 1.54) is 32.1 Å². The van der Waals surface area contributed by atoms with Crippen LogP contribution < -0.4 is 0 Å². The first-order valence-corrected chi connectivity index (χ1v) is 11.6. The Kier molecular flexibility index (Phi) is 7.45. The summed E-state index contributed by atoms with van der Waals surface area (Å²) in [7, 11) is 0. The highest BCUT2D eigenvalue weighted by Crippen LogP contribution is 2.28. The average Bonchev–Trinajstić information content (AvgIpc) is 2.82. The number of likely N-dealkylation sites (tertiary alicyclic amines) is 1. The molecule has 172 valence electrons. The molecule has 1 saturated heterocycles. The van der Waals surface area contributed by atoms with Gasteiger partial charge in [0.15, 0.2) is 11.6 Å². The van der Waals surface area contributed by atoms with Gasteiger partial charge in [-0.25, -0.2) is 13.2 Å². The third kappa shape index (κ3) is 5.49. The van der Waals surface area contributed by atoms with Crippen molar-refractivity contribution in [1.29, 1.82) is 0 Å². The van der Waals surface area contributed by atoms with E-state index in [4.69, 9.17) is 0 Å². The van der Waals surface area contributed by atoms with E-state index in [2.05, 4.69) is 9.88 Å². The molecule has 32 heavy (non-hydrogen) atoms. The maximum absolute atomic E-state index is 14.4. The number of hydrogen-bond donors (Lipinski definition) is 0. The van der Waals surface area contributed by atoms with Gasteiger partial charge in [-0.1, -0.05) is 25.3 Å². The molecule has 1 aliphatic carbocycles. The summed E-state index contributed by atoms with van der Waals surface area (Å²) in [6.07, 6.45) is 11.7. The van der Waals surface area contributed by atoms with Crippen molar-refractivity contribution in [2.24, 2.45) is 5.92 Å². The van der Waals surface area contributed by atoms with Gasteiger partial charge in [-0.3, -0.25) is 9.78 Å². The van der Waals surface area contributed by atoms with Crippen LogP contribution >= 0.6 is 0 Å². The first-order valence-electron chi connectivity index (χ1n) is 11.6. The highest BCUT2D eigenvalue weighted by atomic mass is 19.2. The average molecular weight is 446 g/mol. The second-order valence-corrected chi connectivity index (χ2v) is 9.09. The van der Waals surface area contributed by atoms with E-state index in [1.54, 1.807) is 23.4 Å². The van der Waals surface area contributed by atoms with Crippen molar-refractivity contribution in [3.63, 3.8) is 0 Å². The largest absolute Gasteiger partial charge is 0.334 e. The van der Waals surface area contributed by atoms with Gasteiger partial charge in [-0.2, -0.15) is 0 Å². The van der Waals surface area contributed by atoms with Gasteiger partial charge in [-0.05, 0) is 55.8 Å². The van der Waals surface area contributed by atoms with Gasteiger partial charge in [-0.15, -0.1) is 0 Å². The fraction of sp³-hybridized carbons (Fsp3) is 0.520. The summed E-state index contributed by atoms with van der Waals surface area (Å²) in [5.41, 5.74) is 0.372. The van der Waals surface area contributed by atoms with Crippen molar-refractivity contribution < 1.29 is 18.0 Å². The summed E-state index contributed by atoms with van der Waals surface area (Å²) < 4.78 is 41.6. The Bertz CT molecular complexity index is 918. The second-order valence-electron chi connectivity index (χ2n) is 9.09. The zero-order valence-corrected chi connectivity index (χ0v) is 18.3. The molecule has 1 amide bonds. The fourth-order valence-electron chi connectivity index (χ4n) is 5.12. The predicted molar refractivity (Wildman–Crippen MR) is 116 cm³/mol. The van der Waals surface area contributed by atoms with Crippen molar-refractivity contribution in [2.45, 2.75) is 57.5 Å². The standard InChI is InChI=1S/C25H30F3N3O/c26-22-13-24(28)23(27)12-21(22)25(32)31(15-18-6-4-10-29-14-18)17-19-7-5-11-30(16-19)20-8-2-1-3-9-20/h4,6,10,12-14,19-20H,1-3,5,7-9,11,15-17H2. The van der Waals surface area contributed by atoms with Crippen molar-refractivity contribution in [3.8, 4) is 0 Å². The topological polar surface area (TPSA) is 36.4 Å². The summed E-state index contributed by atoms with van der Waals surface area (Å²) in [4.78, 5) is 21.5. The third-order valence-corrected chi connectivity index (χ3v) is 6.74. The third-order valence-electron chi connectivity index (χ3n) is 6.74. The number of piperidine rings is 1. The van der Waals surface area contributed by atoms with Gasteiger partial charge < -0.3 is 9.80 Å². The van der Waals surface area contributed by atoms with Crippen LogP contribution in [-0.2, 0) is 6.54 Å². The van der Waals surface area contributed by atoms with Crippen LogP contribution in [0.4, 0.5) is 13.2 Å². The monoisotopic (exact) mass is 445 g/mol. The van der Waals surface area contributed by atoms with E-state index in [1.807, 2.05) is 6.07 Å². The lowest BCUT2D eigenvalue weighted by Gasteiger charge is -2.41. The zero-order chi connectivity index (χ0) is 22.5. The Morgan fingerprint density at radius 3 is 2.56 bits per heavy atom. The lowest BCUT2D eigenvalue weighted by atomic mass is 9.90. The van der Waals surface area contributed by atoms with Crippen molar-refractivity contribution in [1.82, 2.24) is 14.8 Å². The van der Waals surface area contributed by atoms with E-state index in [9.17, 15) is 18.0 Å². The number of halogens is 3. The molecule has 4 rings (SSSR count). The first kappa shape index (κ1) is 22.8. The molecule has 2 aromatic rings. The summed E-state index contributed by atoms with van der Waals surface area (Å²) >= 11 is 0. The lowest BCUT2D eigenvalue weighted by molar-refractivity contribution is 0.0579. The number of pyridine rings is 1. The molecular formula is C25H30F3N3O. The minimum Gasteiger partial charge on any atom is -0.334 e. The van der Waals surface area contributed by atoms with Gasteiger partial charge in [0.25, 0.3) is 5.91 Å². The van der Waals surface area contributed by atoms with Crippen LogP contribution in [0.3, 0.4) is 0 Å². The predicted octanol–water partition coefficient (Wildman–Crippen LogP) is 5.19. The molecule has 2 heterocycles. The Hall–Kier alpha value is -2.41. The number of rotatable bonds is 6. The van der Waals surface area contributed by atoms with Crippen LogP contribution in [0.25, 0.3) is 0 Å². The molecule has 2 fully saturated rings. The fourth-order valence-corrected chi connectivity index (χ4v) is 5.12.